The highest BCUT2D eigenvalue weighted by Gasteiger charge is 2.13. The van der Waals surface area contributed by atoms with Gasteiger partial charge in [0.2, 0.25) is 0 Å². The average molecular weight is 294 g/mol. The first-order valence-corrected chi connectivity index (χ1v) is 7.88. The van der Waals surface area contributed by atoms with Gasteiger partial charge in [0.1, 0.15) is 0 Å². The molecule has 19 heavy (non-hydrogen) atoms. The predicted molar refractivity (Wildman–Crippen MR) is 86.2 cm³/mol. The quantitative estimate of drug-likeness (QED) is 0.774. The first-order valence-electron chi connectivity index (χ1n) is 6.69. The fourth-order valence-corrected chi connectivity index (χ4v) is 3.81. The van der Waals surface area contributed by atoms with E-state index in [1.54, 1.807) is 0 Å². The molecule has 0 amide bonds. The van der Waals surface area contributed by atoms with Gasteiger partial charge < -0.3 is 5.32 Å². The second-order valence-electron chi connectivity index (χ2n) is 4.82. The van der Waals surface area contributed by atoms with Gasteiger partial charge in [-0.1, -0.05) is 37.1 Å². The molecule has 0 aliphatic carbocycles. The van der Waals surface area contributed by atoms with Crippen LogP contribution in [-0.4, -0.2) is 7.05 Å². The molecule has 0 radical (unpaired) electrons. The number of aryl methyl sites for hydroxylation is 1. The summed E-state index contributed by atoms with van der Waals surface area (Å²) in [4.78, 5) is 2.63. The van der Waals surface area contributed by atoms with Crippen molar-refractivity contribution < 1.29 is 0 Å². The zero-order chi connectivity index (χ0) is 13.8. The van der Waals surface area contributed by atoms with E-state index in [0.717, 1.165) is 17.0 Å². The average Bonchev–Trinajstić information content (AvgIpc) is 2.85. The van der Waals surface area contributed by atoms with Gasteiger partial charge in [-0.15, -0.1) is 11.3 Å². The Labute approximate surface area is 124 Å². The lowest BCUT2D eigenvalue weighted by Gasteiger charge is -2.12. The summed E-state index contributed by atoms with van der Waals surface area (Å²) in [6.07, 6.45) is 2.35. The molecule has 3 heteroatoms. The molecule has 0 aliphatic heterocycles. The Morgan fingerprint density at radius 2 is 2.05 bits per heavy atom. The Hall–Kier alpha value is -0.830. The van der Waals surface area contributed by atoms with Gasteiger partial charge in [0, 0.05) is 26.4 Å². The molecule has 1 aromatic heterocycles. The van der Waals surface area contributed by atoms with E-state index in [-0.39, 0.29) is 0 Å². The summed E-state index contributed by atoms with van der Waals surface area (Å²) >= 11 is 8.17. The van der Waals surface area contributed by atoms with Gasteiger partial charge in [0.25, 0.3) is 0 Å². The van der Waals surface area contributed by atoms with Crippen LogP contribution in [0.4, 0.5) is 0 Å². The normalized spacial score (nSPS) is 12.6. The van der Waals surface area contributed by atoms with E-state index in [1.165, 1.54) is 21.7 Å². The molecular weight excluding hydrogens is 274 g/mol. The van der Waals surface area contributed by atoms with Crippen LogP contribution in [0.15, 0.2) is 30.3 Å². The van der Waals surface area contributed by atoms with Crippen LogP contribution in [0.2, 0.25) is 5.02 Å². The third-order valence-corrected chi connectivity index (χ3v) is 4.83. The van der Waals surface area contributed by atoms with E-state index < -0.39 is 0 Å². The van der Waals surface area contributed by atoms with Gasteiger partial charge in [0.15, 0.2) is 0 Å². The van der Waals surface area contributed by atoms with E-state index in [9.17, 15) is 0 Å². The minimum atomic E-state index is 0.452. The van der Waals surface area contributed by atoms with Crippen LogP contribution in [0.25, 0.3) is 10.4 Å². The monoisotopic (exact) mass is 293 g/mol. The van der Waals surface area contributed by atoms with E-state index in [0.29, 0.717) is 6.04 Å². The summed E-state index contributed by atoms with van der Waals surface area (Å²) in [6, 6.07) is 11.1. The smallest absolute Gasteiger partial charge is 0.0495 e. The molecule has 0 spiro atoms. The minimum Gasteiger partial charge on any atom is -0.312 e. The first-order chi connectivity index (χ1) is 9.15. The fourth-order valence-electron chi connectivity index (χ4n) is 2.22. The Kier molecular flexibility index (Phi) is 5.03. The molecule has 1 atom stereocenters. The number of rotatable bonds is 5. The summed E-state index contributed by atoms with van der Waals surface area (Å²) in [5.74, 6) is 0. The van der Waals surface area contributed by atoms with Crippen molar-refractivity contribution >= 4 is 22.9 Å². The van der Waals surface area contributed by atoms with Gasteiger partial charge >= 0.3 is 0 Å². The Bertz CT molecular complexity index is 547. The maximum atomic E-state index is 6.34. The largest absolute Gasteiger partial charge is 0.312 e. The summed E-state index contributed by atoms with van der Waals surface area (Å²) in [5.41, 5.74) is 2.33. The van der Waals surface area contributed by atoms with Crippen molar-refractivity contribution in [1.82, 2.24) is 5.32 Å². The zero-order valence-electron chi connectivity index (χ0n) is 11.7. The zero-order valence-corrected chi connectivity index (χ0v) is 13.2. The number of halogens is 1. The summed E-state index contributed by atoms with van der Waals surface area (Å²) in [6.45, 7) is 4.28. The molecule has 1 heterocycles. The molecule has 2 rings (SSSR count). The molecule has 0 saturated heterocycles. The van der Waals surface area contributed by atoms with Crippen molar-refractivity contribution in [3.63, 3.8) is 0 Å². The second-order valence-corrected chi connectivity index (χ2v) is 6.34. The van der Waals surface area contributed by atoms with E-state index in [1.807, 2.05) is 24.5 Å². The molecule has 1 nitrogen and oxygen atoms in total. The highest BCUT2D eigenvalue weighted by Crippen LogP contribution is 2.36. The predicted octanol–water partition coefficient (Wildman–Crippen LogP) is 5.44. The molecule has 1 unspecified atom stereocenters. The van der Waals surface area contributed by atoms with Gasteiger partial charge in [-0.3, -0.25) is 0 Å². The highest BCUT2D eigenvalue weighted by molar-refractivity contribution is 7.15. The molecule has 102 valence electrons. The minimum absolute atomic E-state index is 0.452. The third kappa shape index (κ3) is 3.38. The Morgan fingerprint density at radius 3 is 2.68 bits per heavy atom. The van der Waals surface area contributed by atoms with Crippen molar-refractivity contribution in [2.24, 2.45) is 0 Å². The summed E-state index contributed by atoms with van der Waals surface area (Å²) < 4.78 is 0. The highest BCUT2D eigenvalue weighted by atomic mass is 35.5. The van der Waals surface area contributed by atoms with E-state index >= 15 is 0 Å². The van der Waals surface area contributed by atoms with Crippen LogP contribution in [-0.2, 0) is 0 Å². The van der Waals surface area contributed by atoms with Crippen LogP contribution < -0.4 is 5.32 Å². The molecule has 0 saturated carbocycles. The molecule has 0 fully saturated rings. The van der Waals surface area contributed by atoms with Crippen LogP contribution >= 0.6 is 22.9 Å². The van der Waals surface area contributed by atoms with Gasteiger partial charge in [-0.2, -0.15) is 0 Å². The number of benzene rings is 1. The molecule has 1 aromatic carbocycles. The van der Waals surface area contributed by atoms with Gasteiger partial charge in [0.05, 0.1) is 0 Å². The van der Waals surface area contributed by atoms with Gasteiger partial charge in [-0.25, -0.2) is 0 Å². The number of thiophene rings is 1. The van der Waals surface area contributed by atoms with Crippen molar-refractivity contribution in [2.45, 2.75) is 32.7 Å². The van der Waals surface area contributed by atoms with Crippen LogP contribution in [0.3, 0.4) is 0 Å². The summed E-state index contributed by atoms with van der Waals surface area (Å²) in [7, 11) is 2.03. The molecule has 0 bridgehead atoms. The van der Waals surface area contributed by atoms with Crippen LogP contribution in [0, 0.1) is 6.92 Å². The SMILES string of the molecule is CCCC(NC)c1ccc(-c2ccc(C)cc2Cl)s1. The second kappa shape index (κ2) is 6.56. The molecule has 0 aliphatic rings. The van der Waals surface area contributed by atoms with Crippen molar-refractivity contribution in [3.05, 3.63) is 45.8 Å². The summed E-state index contributed by atoms with van der Waals surface area (Å²) in [5, 5.41) is 4.22. The lowest BCUT2D eigenvalue weighted by atomic mass is 10.1. The number of hydrogen-bond donors (Lipinski definition) is 1. The molecule has 2 aromatic rings. The number of nitrogens with one attached hydrogen (secondary N) is 1. The van der Waals surface area contributed by atoms with E-state index in [2.05, 4.69) is 43.4 Å². The van der Waals surface area contributed by atoms with Crippen molar-refractivity contribution in [2.75, 3.05) is 7.05 Å². The van der Waals surface area contributed by atoms with Crippen molar-refractivity contribution in [1.29, 1.82) is 0 Å². The lowest BCUT2D eigenvalue weighted by Crippen LogP contribution is -2.14. The topological polar surface area (TPSA) is 12.0 Å². The number of hydrogen-bond acceptors (Lipinski definition) is 2. The molecular formula is C16H20ClNS. The van der Waals surface area contributed by atoms with Gasteiger partial charge in [-0.05, 0) is 44.2 Å². The maximum absolute atomic E-state index is 6.34. The third-order valence-electron chi connectivity index (χ3n) is 3.29. The Balaban J connectivity index is 2.29. The maximum Gasteiger partial charge on any atom is 0.0495 e. The van der Waals surface area contributed by atoms with Crippen molar-refractivity contribution in [3.8, 4) is 10.4 Å². The molecule has 1 N–H and O–H groups in total. The van der Waals surface area contributed by atoms with Crippen LogP contribution in [0.5, 0.6) is 0 Å². The van der Waals surface area contributed by atoms with E-state index in [4.69, 9.17) is 11.6 Å². The fraction of sp³-hybridized carbons (Fsp3) is 0.375. The standard InChI is InChI=1S/C16H20ClNS/c1-4-5-14(18-3)16-9-8-15(19-16)12-7-6-11(2)10-13(12)17/h6-10,14,18H,4-5H2,1-3H3. The Morgan fingerprint density at radius 1 is 1.26 bits per heavy atom. The first kappa shape index (κ1) is 14.6. The van der Waals surface area contributed by atoms with Crippen LogP contribution in [0.1, 0.15) is 36.2 Å². The lowest BCUT2D eigenvalue weighted by molar-refractivity contribution is 0.550.